The van der Waals surface area contributed by atoms with Crippen LogP contribution in [0, 0.1) is 11.3 Å². The number of nitrogens with zero attached hydrogens (tertiary/aromatic N) is 1. The highest BCUT2D eigenvalue weighted by atomic mass is 16.5. The summed E-state index contributed by atoms with van der Waals surface area (Å²) in [7, 11) is 0. The van der Waals surface area contributed by atoms with Gasteiger partial charge in [0.2, 0.25) is 5.91 Å². The number of hydroxylamine groups is 1. The number of amides is 1. The van der Waals surface area contributed by atoms with Crippen LogP contribution >= 0.6 is 0 Å². The molecule has 0 saturated carbocycles. The minimum atomic E-state index is -0.648. The number of unbranched alkanes of at least 4 members (excludes halogenated alkanes) is 3. The van der Waals surface area contributed by atoms with Gasteiger partial charge >= 0.3 is 0 Å². The van der Waals surface area contributed by atoms with E-state index in [1.54, 1.807) is 5.48 Å². The van der Waals surface area contributed by atoms with Crippen LogP contribution in [0.15, 0.2) is 60.7 Å². The first kappa shape index (κ1) is 18.7. The van der Waals surface area contributed by atoms with Crippen molar-refractivity contribution in [2.75, 3.05) is 0 Å². The zero-order valence-corrected chi connectivity index (χ0v) is 14.3. The van der Waals surface area contributed by atoms with Crippen molar-refractivity contribution in [1.82, 2.24) is 5.48 Å². The average Bonchev–Trinajstić information content (AvgIpc) is 2.69. The lowest BCUT2D eigenvalue weighted by atomic mass is 9.72. The minimum absolute atomic E-state index is 0.331. The van der Waals surface area contributed by atoms with Gasteiger partial charge in [-0.15, -0.1) is 0 Å². The molecule has 0 unspecified atom stereocenters. The molecular formula is C21H24N2O2. The van der Waals surface area contributed by atoms with Crippen molar-refractivity contribution in [1.29, 1.82) is 5.26 Å². The van der Waals surface area contributed by atoms with Crippen LogP contribution in [0.3, 0.4) is 0 Å². The molecule has 0 radical (unpaired) electrons. The lowest BCUT2D eigenvalue weighted by molar-refractivity contribution is -0.129. The monoisotopic (exact) mass is 336 g/mol. The van der Waals surface area contributed by atoms with Crippen molar-refractivity contribution in [2.24, 2.45) is 0 Å². The standard InChI is InChI=1S/C21H24N2O2/c22-17-21(18-11-5-3-6-12-18,19-13-7-4-8-14-19)16-10-2-1-9-15-20(24)23-25/h3-8,11-14,25H,1-2,9-10,15-16H2,(H,23,24). The molecule has 0 saturated heterocycles. The molecule has 25 heavy (non-hydrogen) atoms. The fourth-order valence-electron chi connectivity index (χ4n) is 3.17. The van der Waals surface area contributed by atoms with E-state index in [0.717, 1.165) is 43.2 Å². The van der Waals surface area contributed by atoms with Crippen LogP contribution in [0.2, 0.25) is 0 Å². The molecule has 0 aliphatic heterocycles. The SMILES string of the molecule is N#CC(CCCCCCC(=O)NO)(c1ccccc1)c1ccccc1. The Bertz CT molecular complexity index is 653. The molecule has 0 spiro atoms. The molecule has 2 N–H and O–H groups in total. The topological polar surface area (TPSA) is 73.1 Å². The number of hydrogen-bond donors (Lipinski definition) is 2. The van der Waals surface area contributed by atoms with E-state index in [1.807, 2.05) is 60.7 Å². The number of hydrogen-bond acceptors (Lipinski definition) is 3. The van der Waals surface area contributed by atoms with Gasteiger partial charge in [-0.2, -0.15) is 5.26 Å². The maximum atomic E-state index is 11.0. The van der Waals surface area contributed by atoms with Crippen molar-refractivity contribution in [2.45, 2.75) is 43.9 Å². The van der Waals surface area contributed by atoms with E-state index in [9.17, 15) is 10.1 Å². The number of carbonyl (C=O) groups is 1. The van der Waals surface area contributed by atoms with Gasteiger partial charge in [-0.3, -0.25) is 10.0 Å². The second-order valence-corrected chi connectivity index (χ2v) is 6.20. The fraction of sp³-hybridized carbons (Fsp3) is 0.333. The van der Waals surface area contributed by atoms with Gasteiger partial charge in [0.15, 0.2) is 0 Å². The van der Waals surface area contributed by atoms with E-state index in [1.165, 1.54) is 0 Å². The van der Waals surface area contributed by atoms with Crippen molar-refractivity contribution in [3.8, 4) is 6.07 Å². The third-order valence-corrected chi connectivity index (χ3v) is 4.55. The quantitative estimate of drug-likeness (QED) is 0.406. The number of benzene rings is 2. The van der Waals surface area contributed by atoms with Gasteiger partial charge in [-0.1, -0.05) is 79.9 Å². The maximum Gasteiger partial charge on any atom is 0.243 e. The molecule has 4 nitrogen and oxygen atoms in total. The predicted molar refractivity (Wildman–Crippen MR) is 96.9 cm³/mol. The molecule has 2 rings (SSSR count). The highest BCUT2D eigenvalue weighted by Crippen LogP contribution is 2.36. The van der Waals surface area contributed by atoms with Crippen LogP contribution in [0.5, 0.6) is 0 Å². The molecule has 130 valence electrons. The molecular weight excluding hydrogens is 312 g/mol. The molecule has 0 aliphatic rings. The van der Waals surface area contributed by atoms with Gasteiger partial charge in [0, 0.05) is 6.42 Å². The molecule has 2 aromatic carbocycles. The normalized spacial score (nSPS) is 10.9. The Morgan fingerprint density at radius 1 is 0.920 bits per heavy atom. The molecule has 0 aliphatic carbocycles. The van der Waals surface area contributed by atoms with Crippen LogP contribution in [0.4, 0.5) is 0 Å². The predicted octanol–water partition coefficient (Wildman–Crippen LogP) is 4.34. The van der Waals surface area contributed by atoms with Gasteiger partial charge < -0.3 is 0 Å². The van der Waals surface area contributed by atoms with Gasteiger partial charge in [-0.05, 0) is 24.0 Å². The molecule has 0 heterocycles. The van der Waals surface area contributed by atoms with Crippen molar-refractivity contribution in [3.63, 3.8) is 0 Å². The Labute approximate surface area is 149 Å². The second kappa shape index (κ2) is 9.61. The zero-order valence-electron chi connectivity index (χ0n) is 14.3. The maximum absolute atomic E-state index is 11.0. The summed E-state index contributed by atoms with van der Waals surface area (Å²) in [6.07, 6.45) is 4.56. The highest BCUT2D eigenvalue weighted by Gasteiger charge is 2.33. The van der Waals surface area contributed by atoms with Gasteiger partial charge in [-0.25, -0.2) is 5.48 Å². The summed E-state index contributed by atoms with van der Waals surface area (Å²) >= 11 is 0. The van der Waals surface area contributed by atoms with Crippen molar-refractivity contribution >= 4 is 5.91 Å². The number of rotatable bonds is 9. The second-order valence-electron chi connectivity index (χ2n) is 6.20. The van der Waals surface area contributed by atoms with Crippen LogP contribution in [0.1, 0.15) is 49.7 Å². The Kier molecular flexibility index (Phi) is 7.18. The molecule has 4 heteroatoms. The molecule has 0 atom stereocenters. The lowest BCUT2D eigenvalue weighted by Gasteiger charge is -2.28. The number of carbonyl (C=O) groups excluding carboxylic acids is 1. The van der Waals surface area contributed by atoms with E-state index in [4.69, 9.17) is 5.21 Å². The molecule has 0 bridgehead atoms. The van der Waals surface area contributed by atoms with Gasteiger partial charge in [0.25, 0.3) is 0 Å². The van der Waals surface area contributed by atoms with E-state index in [-0.39, 0.29) is 5.91 Å². The fourth-order valence-corrected chi connectivity index (χ4v) is 3.17. The van der Waals surface area contributed by atoms with Crippen LogP contribution in [0.25, 0.3) is 0 Å². The Hall–Kier alpha value is -2.64. The summed E-state index contributed by atoms with van der Waals surface area (Å²) in [5.74, 6) is -0.347. The van der Waals surface area contributed by atoms with Gasteiger partial charge in [0.1, 0.15) is 5.41 Å². The lowest BCUT2D eigenvalue weighted by Crippen LogP contribution is -2.25. The van der Waals surface area contributed by atoms with E-state index >= 15 is 0 Å². The van der Waals surface area contributed by atoms with Crippen LogP contribution < -0.4 is 5.48 Å². The number of nitriles is 1. The van der Waals surface area contributed by atoms with Crippen molar-refractivity contribution in [3.05, 3.63) is 71.8 Å². The summed E-state index contributed by atoms with van der Waals surface area (Å²) < 4.78 is 0. The summed E-state index contributed by atoms with van der Waals surface area (Å²) in [5, 5.41) is 18.6. The Morgan fingerprint density at radius 2 is 1.44 bits per heavy atom. The Morgan fingerprint density at radius 3 is 1.92 bits per heavy atom. The smallest absolute Gasteiger partial charge is 0.243 e. The van der Waals surface area contributed by atoms with Crippen LogP contribution in [-0.4, -0.2) is 11.1 Å². The summed E-state index contributed by atoms with van der Waals surface area (Å²) in [4.78, 5) is 11.0. The average molecular weight is 336 g/mol. The van der Waals surface area contributed by atoms with Gasteiger partial charge in [0.05, 0.1) is 6.07 Å². The van der Waals surface area contributed by atoms with E-state index in [2.05, 4.69) is 6.07 Å². The van der Waals surface area contributed by atoms with Crippen molar-refractivity contribution < 1.29 is 10.0 Å². The largest absolute Gasteiger partial charge is 0.289 e. The molecule has 0 fully saturated rings. The third kappa shape index (κ3) is 4.91. The zero-order chi connectivity index (χ0) is 18.0. The minimum Gasteiger partial charge on any atom is -0.289 e. The van der Waals surface area contributed by atoms with E-state index in [0.29, 0.717) is 6.42 Å². The third-order valence-electron chi connectivity index (χ3n) is 4.55. The summed E-state index contributed by atoms with van der Waals surface area (Å²) in [6.45, 7) is 0. The summed E-state index contributed by atoms with van der Waals surface area (Å²) in [6, 6.07) is 22.4. The highest BCUT2D eigenvalue weighted by molar-refractivity contribution is 5.74. The first-order valence-electron chi connectivity index (χ1n) is 8.68. The molecule has 0 aromatic heterocycles. The first-order chi connectivity index (χ1) is 12.2. The van der Waals surface area contributed by atoms with Crippen LogP contribution in [-0.2, 0) is 10.2 Å². The number of nitrogens with one attached hydrogen (secondary N) is 1. The first-order valence-corrected chi connectivity index (χ1v) is 8.68. The molecule has 1 amide bonds. The van der Waals surface area contributed by atoms with E-state index < -0.39 is 5.41 Å². The summed E-state index contributed by atoms with van der Waals surface area (Å²) in [5.41, 5.74) is 3.04. The Balaban J connectivity index is 2.06. The molecule has 2 aromatic rings.